The zero-order valence-corrected chi connectivity index (χ0v) is 25.3. The predicted molar refractivity (Wildman–Crippen MR) is 166 cm³/mol. The summed E-state index contributed by atoms with van der Waals surface area (Å²) in [4.78, 5) is 0. The first-order chi connectivity index (χ1) is 20.1. The molecule has 224 valence electrons. The minimum atomic E-state index is -3.71. The molecule has 0 aliphatic rings. The molecule has 0 saturated carbocycles. The topological polar surface area (TPSA) is 118 Å². The summed E-state index contributed by atoms with van der Waals surface area (Å²) in [5, 5.41) is 42.0. The van der Waals surface area contributed by atoms with Gasteiger partial charge in [0, 0.05) is 0 Å². The van der Waals surface area contributed by atoms with Crippen molar-refractivity contribution in [3.8, 4) is 28.7 Å². The summed E-state index contributed by atoms with van der Waals surface area (Å²) in [6.45, 7) is -1.74. The molecular formula is C33H39O8P. The molecule has 0 radical (unpaired) electrons. The minimum absolute atomic E-state index is 0.0326. The van der Waals surface area contributed by atoms with Gasteiger partial charge < -0.3 is 0 Å². The molecule has 4 aromatic carbocycles. The summed E-state index contributed by atoms with van der Waals surface area (Å²) in [7, 11) is 4.87. The van der Waals surface area contributed by atoms with E-state index >= 15 is 0 Å². The second-order valence-electron chi connectivity index (χ2n) is 10.7. The van der Waals surface area contributed by atoms with Crippen molar-refractivity contribution in [1.29, 1.82) is 0 Å². The van der Waals surface area contributed by atoms with Crippen molar-refractivity contribution in [2.45, 2.75) is 19.8 Å². The Labute approximate surface area is 246 Å². The fraction of sp³-hybridized carbons (Fsp3) is 0.273. The van der Waals surface area contributed by atoms with Gasteiger partial charge in [0.05, 0.1) is 0 Å². The molecule has 0 fully saturated rings. The van der Waals surface area contributed by atoms with Gasteiger partial charge in [-0.25, -0.2) is 0 Å². The van der Waals surface area contributed by atoms with Gasteiger partial charge in [0.25, 0.3) is 0 Å². The van der Waals surface area contributed by atoms with Crippen LogP contribution in [-0.2, 0) is 27.1 Å². The molecule has 4 aromatic rings. The molecule has 0 aliphatic heterocycles. The molecule has 9 heteroatoms. The van der Waals surface area contributed by atoms with Crippen LogP contribution in [0.5, 0.6) is 28.7 Å². The molecule has 0 bridgehead atoms. The fourth-order valence-corrected chi connectivity index (χ4v) is 9.91. The van der Waals surface area contributed by atoms with Crippen LogP contribution in [0.2, 0.25) is 0 Å². The summed E-state index contributed by atoms with van der Waals surface area (Å²) in [5.41, 5.74) is 3.74. The monoisotopic (exact) mass is 594 g/mol. The van der Waals surface area contributed by atoms with Gasteiger partial charge in [-0.1, -0.05) is 0 Å². The van der Waals surface area contributed by atoms with Crippen LogP contribution in [0.1, 0.15) is 27.8 Å². The molecule has 0 aliphatic carbocycles. The van der Waals surface area contributed by atoms with Crippen molar-refractivity contribution in [1.82, 2.24) is 0 Å². The summed E-state index contributed by atoms with van der Waals surface area (Å²) < 4.78 is 25.0. The number of ether oxygens (including phenoxy) is 3. The van der Waals surface area contributed by atoms with Gasteiger partial charge in [-0.3, -0.25) is 0 Å². The van der Waals surface area contributed by atoms with Gasteiger partial charge in [0.2, 0.25) is 0 Å². The van der Waals surface area contributed by atoms with Gasteiger partial charge in [-0.15, -0.1) is 0 Å². The number of phenols is 4. The molecule has 0 saturated heterocycles. The molecule has 0 atom stereocenters. The Morgan fingerprint density at radius 3 is 1.43 bits per heavy atom. The summed E-state index contributed by atoms with van der Waals surface area (Å²) >= 11 is 0. The van der Waals surface area contributed by atoms with E-state index in [-0.39, 0.29) is 42.0 Å². The Bertz CT molecular complexity index is 1430. The predicted octanol–water partition coefficient (Wildman–Crippen LogP) is 5.98. The number of hydrogen-bond donors (Lipinski definition) is 4. The third-order valence-corrected chi connectivity index (χ3v) is 12.2. The van der Waals surface area contributed by atoms with E-state index < -0.39 is 6.83 Å². The van der Waals surface area contributed by atoms with Crippen LogP contribution in [0.25, 0.3) is 0 Å². The van der Waals surface area contributed by atoms with Crippen LogP contribution in [0.15, 0.2) is 78.9 Å². The molecule has 0 heterocycles. The van der Waals surface area contributed by atoms with E-state index in [1.165, 1.54) is 24.3 Å². The van der Waals surface area contributed by atoms with Crippen LogP contribution >= 0.6 is 6.83 Å². The molecule has 42 heavy (non-hydrogen) atoms. The number of hydrogen-bond acceptors (Lipinski definition) is 8. The van der Waals surface area contributed by atoms with Crippen molar-refractivity contribution >= 4 is 12.1 Å². The number of methoxy groups -OCH3 is 3. The first-order valence-corrected chi connectivity index (χ1v) is 16.2. The molecule has 0 aromatic heterocycles. The Morgan fingerprint density at radius 2 is 1.02 bits per heavy atom. The van der Waals surface area contributed by atoms with Crippen molar-refractivity contribution in [3.63, 3.8) is 0 Å². The van der Waals surface area contributed by atoms with E-state index in [2.05, 4.69) is 0 Å². The molecule has 4 rings (SSSR count). The van der Waals surface area contributed by atoms with E-state index in [0.717, 1.165) is 22.0 Å². The molecule has 0 spiro atoms. The molecule has 0 amide bonds. The molecular weight excluding hydrogens is 555 g/mol. The van der Waals surface area contributed by atoms with Crippen LogP contribution in [0, 0.1) is 6.92 Å². The number of aryl methyl sites for hydroxylation is 1. The third kappa shape index (κ3) is 6.48. The van der Waals surface area contributed by atoms with E-state index in [9.17, 15) is 20.4 Å². The fourth-order valence-electron chi connectivity index (χ4n) is 5.53. The van der Waals surface area contributed by atoms with Crippen LogP contribution in [0.4, 0.5) is 0 Å². The zero-order chi connectivity index (χ0) is 30.4. The first kappa shape index (κ1) is 31.1. The van der Waals surface area contributed by atoms with Crippen LogP contribution in [-0.4, -0.2) is 60.8 Å². The summed E-state index contributed by atoms with van der Waals surface area (Å²) in [6.07, 6.45) is 1.22. The van der Waals surface area contributed by atoms with Crippen LogP contribution in [0.3, 0.4) is 0 Å². The van der Waals surface area contributed by atoms with E-state index in [1.807, 2.05) is 49.4 Å². The summed E-state index contributed by atoms with van der Waals surface area (Å²) in [5.74, 6) is 0.426. The van der Waals surface area contributed by atoms with Crippen molar-refractivity contribution in [3.05, 3.63) is 107 Å². The second kappa shape index (κ2) is 13.0. The van der Waals surface area contributed by atoms with Gasteiger partial charge in [-0.05, 0) is 0 Å². The zero-order valence-electron chi connectivity index (χ0n) is 24.4. The normalized spacial score (nSPS) is 12.5. The van der Waals surface area contributed by atoms with E-state index in [4.69, 9.17) is 18.7 Å². The SMILES string of the molecule is COCP(COC)(COC)(Oc1c(Cc2ccc(O)cc2O)cc(C)cc1Cc1ccc(O)cc1O)c1ccccc1. The Balaban J connectivity index is 2.00. The number of aromatic hydroxyl groups is 4. The van der Waals surface area contributed by atoms with Gasteiger partial charge >= 0.3 is 247 Å². The van der Waals surface area contributed by atoms with E-state index in [0.29, 0.717) is 29.7 Å². The standard InChI is InChI=1S/C33H39O8P/c1-23-14-26(16-24-10-12-28(34)18-31(24)36)33(27(15-23)17-25-11-13-29(35)19-32(25)37)41-42(20-38-2,21-39-3,22-40-4)30-8-6-5-7-9-30/h5-15,18-19,34-37H,16-17,20-22H2,1-4H3. The van der Waals surface area contributed by atoms with Gasteiger partial charge in [-0.2, -0.15) is 0 Å². The molecule has 0 unspecified atom stereocenters. The molecule has 4 N–H and O–H groups in total. The average molecular weight is 595 g/mol. The number of benzene rings is 4. The Morgan fingerprint density at radius 1 is 0.571 bits per heavy atom. The van der Waals surface area contributed by atoms with E-state index in [1.54, 1.807) is 33.5 Å². The van der Waals surface area contributed by atoms with Crippen molar-refractivity contribution in [2.75, 3.05) is 40.4 Å². The first-order valence-electron chi connectivity index (χ1n) is 13.5. The maximum absolute atomic E-state index is 10.7. The van der Waals surface area contributed by atoms with Gasteiger partial charge in [0.1, 0.15) is 0 Å². The third-order valence-electron chi connectivity index (χ3n) is 7.31. The van der Waals surface area contributed by atoms with Crippen molar-refractivity contribution in [2.24, 2.45) is 0 Å². The average Bonchev–Trinajstić information content (AvgIpc) is 2.94. The van der Waals surface area contributed by atoms with Crippen molar-refractivity contribution < 1.29 is 39.2 Å². The Kier molecular flexibility index (Phi) is 9.64. The molecule has 8 nitrogen and oxygen atoms in total. The Hall–Kier alpha value is -3.81. The quantitative estimate of drug-likeness (QED) is 0.140. The van der Waals surface area contributed by atoms with Gasteiger partial charge in [0.15, 0.2) is 0 Å². The maximum atomic E-state index is 10.7. The van der Waals surface area contributed by atoms with Crippen LogP contribution < -0.4 is 9.83 Å². The number of rotatable bonds is 13. The second-order valence-corrected chi connectivity index (χ2v) is 15.4. The summed E-state index contributed by atoms with van der Waals surface area (Å²) in [6, 6.07) is 22.9. The number of phenolic OH excluding ortho intramolecular Hbond substituents is 4.